The first-order valence-electron chi connectivity index (χ1n) is 7.07. The van der Waals surface area contributed by atoms with Gasteiger partial charge in [-0.3, -0.25) is 0 Å². The third kappa shape index (κ3) is 3.46. The Labute approximate surface area is 116 Å². The van der Waals surface area contributed by atoms with Gasteiger partial charge in [0.2, 0.25) is 0 Å². The first kappa shape index (κ1) is 14.3. The number of nitrogens with two attached hydrogens (primary N) is 1. The molecule has 0 bridgehead atoms. The van der Waals surface area contributed by atoms with Crippen molar-refractivity contribution in [1.82, 2.24) is 0 Å². The van der Waals surface area contributed by atoms with Gasteiger partial charge in [-0.05, 0) is 44.8 Å². The maximum atomic E-state index is 6.46. The summed E-state index contributed by atoms with van der Waals surface area (Å²) >= 11 is 0. The number of rotatable bonds is 4. The van der Waals surface area contributed by atoms with E-state index in [0.29, 0.717) is 6.54 Å². The smallest absolute Gasteiger partial charge is 0.0988 e. The summed E-state index contributed by atoms with van der Waals surface area (Å²) in [6.07, 6.45) is 15.9. The van der Waals surface area contributed by atoms with Gasteiger partial charge in [-0.15, -0.1) is 0 Å². The summed E-state index contributed by atoms with van der Waals surface area (Å²) in [5.74, 6) is 0. The van der Waals surface area contributed by atoms with Crippen molar-refractivity contribution in [3.63, 3.8) is 0 Å². The highest BCUT2D eigenvalue weighted by atomic mass is 16.5. The Kier molecular flexibility index (Phi) is 4.12. The van der Waals surface area contributed by atoms with E-state index in [0.717, 1.165) is 19.3 Å². The molecular weight excluding hydrogens is 234 g/mol. The van der Waals surface area contributed by atoms with Crippen molar-refractivity contribution in [2.24, 2.45) is 5.73 Å². The van der Waals surface area contributed by atoms with Crippen LogP contribution in [0.4, 0.5) is 0 Å². The predicted molar refractivity (Wildman–Crippen MR) is 80.9 cm³/mol. The Balaban J connectivity index is 2.29. The van der Waals surface area contributed by atoms with Crippen molar-refractivity contribution >= 4 is 0 Å². The highest BCUT2D eigenvalue weighted by Crippen LogP contribution is 2.39. The van der Waals surface area contributed by atoms with Gasteiger partial charge in [-0.1, -0.05) is 36.5 Å². The summed E-state index contributed by atoms with van der Waals surface area (Å²) in [5.41, 5.74) is 8.06. The average molecular weight is 259 g/mol. The van der Waals surface area contributed by atoms with Crippen LogP contribution in [0.25, 0.3) is 0 Å². The molecule has 104 valence electrons. The number of hydrogen-bond acceptors (Lipinski definition) is 2. The van der Waals surface area contributed by atoms with Crippen LogP contribution in [0.3, 0.4) is 0 Å². The molecule has 0 aromatic carbocycles. The van der Waals surface area contributed by atoms with Gasteiger partial charge in [0, 0.05) is 13.0 Å². The Morgan fingerprint density at radius 3 is 2.68 bits per heavy atom. The molecule has 1 unspecified atom stereocenters. The average Bonchev–Trinajstić information content (AvgIpc) is 2.79. The standard InChI is InChI=1S/C17H25NO/c1-16(2,3)19-17(12-14-8-4-5-9-14)11-7-6-10-15(17)13-18/h4,6-10H,5,11-13,18H2,1-3H3. The molecule has 0 saturated carbocycles. The largest absolute Gasteiger partial charge is 0.364 e. The molecule has 2 nitrogen and oxygen atoms in total. The van der Waals surface area contributed by atoms with Crippen LogP contribution in [0.2, 0.25) is 0 Å². The van der Waals surface area contributed by atoms with E-state index in [-0.39, 0.29) is 11.2 Å². The van der Waals surface area contributed by atoms with Crippen LogP contribution in [-0.2, 0) is 4.74 Å². The quantitative estimate of drug-likeness (QED) is 0.836. The minimum Gasteiger partial charge on any atom is -0.364 e. The maximum Gasteiger partial charge on any atom is 0.0988 e. The molecule has 1 atom stereocenters. The van der Waals surface area contributed by atoms with E-state index in [1.807, 2.05) is 0 Å². The third-order valence-corrected chi connectivity index (χ3v) is 3.53. The van der Waals surface area contributed by atoms with Crippen molar-refractivity contribution in [3.8, 4) is 0 Å². The first-order chi connectivity index (χ1) is 8.95. The van der Waals surface area contributed by atoms with Crippen molar-refractivity contribution in [1.29, 1.82) is 0 Å². The van der Waals surface area contributed by atoms with Gasteiger partial charge in [-0.25, -0.2) is 0 Å². The summed E-state index contributed by atoms with van der Waals surface area (Å²) in [5, 5.41) is 0. The Bertz CT molecular complexity index is 448. The van der Waals surface area contributed by atoms with Crippen LogP contribution in [0.1, 0.15) is 40.0 Å². The highest BCUT2D eigenvalue weighted by Gasteiger charge is 2.39. The third-order valence-electron chi connectivity index (χ3n) is 3.53. The zero-order chi connectivity index (χ0) is 13.9. The lowest BCUT2D eigenvalue weighted by Crippen LogP contribution is -2.44. The maximum absolute atomic E-state index is 6.46. The number of hydrogen-bond donors (Lipinski definition) is 1. The molecular formula is C17H25NO. The molecule has 0 aliphatic heterocycles. The molecule has 0 saturated heterocycles. The van der Waals surface area contributed by atoms with Gasteiger partial charge in [0.05, 0.1) is 11.2 Å². The first-order valence-corrected chi connectivity index (χ1v) is 7.07. The molecule has 0 radical (unpaired) electrons. The van der Waals surface area contributed by atoms with Crippen LogP contribution in [-0.4, -0.2) is 17.7 Å². The zero-order valence-electron chi connectivity index (χ0n) is 12.3. The van der Waals surface area contributed by atoms with E-state index in [1.54, 1.807) is 0 Å². The molecule has 0 fully saturated rings. The molecule has 0 amide bonds. The summed E-state index contributed by atoms with van der Waals surface area (Å²) < 4.78 is 6.46. The normalized spacial score (nSPS) is 26.5. The van der Waals surface area contributed by atoms with Crippen molar-refractivity contribution in [3.05, 3.63) is 47.6 Å². The second-order valence-electron chi connectivity index (χ2n) is 6.33. The van der Waals surface area contributed by atoms with E-state index in [1.165, 1.54) is 11.1 Å². The second-order valence-corrected chi connectivity index (χ2v) is 6.33. The van der Waals surface area contributed by atoms with Crippen molar-refractivity contribution < 1.29 is 4.74 Å². The lowest BCUT2D eigenvalue weighted by molar-refractivity contribution is -0.110. The monoisotopic (exact) mass is 259 g/mol. The molecule has 2 N–H and O–H groups in total. The highest BCUT2D eigenvalue weighted by molar-refractivity contribution is 5.36. The van der Waals surface area contributed by atoms with Gasteiger partial charge in [-0.2, -0.15) is 0 Å². The Hall–Kier alpha value is -1.12. The summed E-state index contributed by atoms with van der Waals surface area (Å²) in [6, 6.07) is 0. The molecule has 2 rings (SSSR count). The molecule has 0 heterocycles. The fraction of sp³-hybridized carbons (Fsp3) is 0.529. The van der Waals surface area contributed by atoms with Gasteiger partial charge in [0.1, 0.15) is 0 Å². The topological polar surface area (TPSA) is 35.2 Å². The molecule has 0 spiro atoms. The predicted octanol–water partition coefficient (Wildman–Crippen LogP) is 3.66. The minimum atomic E-state index is -0.276. The fourth-order valence-electron chi connectivity index (χ4n) is 2.86. The van der Waals surface area contributed by atoms with Gasteiger partial charge in [0.25, 0.3) is 0 Å². The van der Waals surface area contributed by atoms with Crippen LogP contribution >= 0.6 is 0 Å². The van der Waals surface area contributed by atoms with Crippen molar-refractivity contribution in [2.45, 2.75) is 51.2 Å². The van der Waals surface area contributed by atoms with Crippen LogP contribution in [0, 0.1) is 0 Å². The van der Waals surface area contributed by atoms with E-state index < -0.39 is 0 Å². The number of ether oxygens (including phenoxy) is 1. The Morgan fingerprint density at radius 1 is 1.32 bits per heavy atom. The molecule has 19 heavy (non-hydrogen) atoms. The lowest BCUT2D eigenvalue weighted by atomic mass is 9.80. The van der Waals surface area contributed by atoms with E-state index >= 15 is 0 Å². The van der Waals surface area contributed by atoms with E-state index in [4.69, 9.17) is 10.5 Å². The molecule has 0 aromatic rings. The molecule has 2 aliphatic carbocycles. The van der Waals surface area contributed by atoms with Crippen molar-refractivity contribution in [2.75, 3.05) is 6.54 Å². The summed E-state index contributed by atoms with van der Waals surface area (Å²) in [6.45, 7) is 6.89. The summed E-state index contributed by atoms with van der Waals surface area (Å²) in [4.78, 5) is 0. The molecule has 2 aliphatic rings. The van der Waals surface area contributed by atoms with Crippen LogP contribution in [0.5, 0.6) is 0 Å². The minimum absolute atomic E-state index is 0.178. The van der Waals surface area contributed by atoms with Gasteiger partial charge >= 0.3 is 0 Å². The number of allylic oxidation sites excluding steroid dienone is 5. The van der Waals surface area contributed by atoms with E-state index in [2.05, 4.69) is 57.2 Å². The fourth-order valence-corrected chi connectivity index (χ4v) is 2.86. The molecule has 2 heteroatoms. The summed E-state index contributed by atoms with van der Waals surface area (Å²) in [7, 11) is 0. The lowest BCUT2D eigenvalue weighted by Gasteiger charge is -2.42. The molecule has 0 aromatic heterocycles. The van der Waals surface area contributed by atoms with Crippen LogP contribution in [0.15, 0.2) is 47.6 Å². The second kappa shape index (κ2) is 5.48. The zero-order valence-corrected chi connectivity index (χ0v) is 12.3. The Morgan fingerprint density at radius 2 is 2.11 bits per heavy atom. The van der Waals surface area contributed by atoms with Crippen LogP contribution < -0.4 is 5.73 Å². The van der Waals surface area contributed by atoms with Gasteiger partial charge < -0.3 is 10.5 Å². The SMILES string of the molecule is CC(C)(C)OC1(CC2=CCC=C2)CC=CC=C1CN. The van der Waals surface area contributed by atoms with E-state index in [9.17, 15) is 0 Å². The van der Waals surface area contributed by atoms with Gasteiger partial charge in [0.15, 0.2) is 0 Å².